The molecule has 2 aromatic rings. The van der Waals surface area contributed by atoms with Crippen LogP contribution in [0, 0.1) is 0 Å². The van der Waals surface area contributed by atoms with Crippen molar-refractivity contribution in [3.05, 3.63) is 59.5 Å². The lowest BCUT2D eigenvalue weighted by Crippen LogP contribution is -2.23. The molecule has 2 aliphatic rings. The lowest BCUT2D eigenvalue weighted by Gasteiger charge is -2.13. The number of amides is 1. The van der Waals surface area contributed by atoms with Crippen molar-refractivity contribution in [2.45, 2.75) is 10.6 Å². The van der Waals surface area contributed by atoms with Gasteiger partial charge in [-0.15, -0.1) is 11.8 Å². The number of hydrogen-bond acceptors (Lipinski definition) is 3. The van der Waals surface area contributed by atoms with Crippen LogP contribution in [0.4, 0.5) is 0 Å². The van der Waals surface area contributed by atoms with Crippen LogP contribution in [0.25, 0.3) is 0 Å². The minimum atomic E-state index is 0.150. The first kappa shape index (κ1) is 10.3. The van der Waals surface area contributed by atoms with Crippen molar-refractivity contribution in [2.24, 2.45) is 0 Å². The monoisotopic (exact) mass is 257 g/mol. The molecule has 4 rings (SSSR count). The quantitative estimate of drug-likeness (QED) is 0.786. The fraction of sp³-hybridized carbons (Fsp3) is 0.214. The molecule has 0 radical (unpaired) electrons. The third-order valence-electron chi connectivity index (χ3n) is 3.52. The zero-order chi connectivity index (χ0) is 12.1. The van der Waals surface area contributed by atoms with E-state index in [0.29, 0.717) is 0 Å². The highest BCUT2D eigenvalue weighted by atomic mass is 32.2. The van der Waals surface area contributed by atoms with Crippen molar-refractivity contribution in [1.82, 2.24) is 4.90 Å². The number of fused-ring (bicyclic) bond motifs is 3. The number of thioether (sulfide) groups is 1. The van der Waals surface area contributed by atoms with Crippen molar-refractivity contribution in [3.8, 4) is 0 Å². The summed E-state index contributed by atoms with van der Waals surface area (Å²) in [5.41, 5.74) is 1.99. The van der Waals surface area contributed by atoms with E-state index in [9.17, 15) is 4.79 Å². The van der Waals surface area contributed by atoms with Crippen LogP contribution in [-0.4, -0.2) is 17.4 Å². The van der Waals surface area contributed by atoms with Gasteiger partial charge in [0.15, 0.2) is 0 Å². The van der Waals surface area contributed by atoms with Crippen LogP contribution in [0.5, 0.6) is 0 Å². The minimum absolute atomic E-state index is 0.150. The summed E-state index contributed by atoms with van der Waals surface area (Å²) in [4.78, 5) is 14.2. The van der Waals surface area contributed by atoms with Gasteiger partial charge in [-0.3, -0.25) is 4.79 Å². The van der Waals surface area contributed by atoms with E-state index in [2.05, 4.69) is 6.07 Å². The Morgan fingerprint density at radius 1 is 1.22 bits per heavy atom. The minimum Gasteiger partial charge on any atom is -0.468 e. The van der Waals surface area contributed by atoms with E-state index in [-0.39, 0.29) is 16.5 Å². The molecule has 0 N–H and O–H groups in total. The normalized spacial score (nSPS) is 25.3. The molecule has 4 heteroatoms. The Balaban J connectivity index is 1.72. The molecule has 0 saturated carbocycles. The van der Waals surface area contributed by atoms with Crippen molar-refractivity contribution in [1.29, 1.82) is 0 Å². The first-order chi connectivity index (χ1) is 8.84. The Morgan fingerprint density at radius 2 is 2.11 bits per heavy atom. The second-order valence-corrected chi connectivity index (χ2v) is 5.82. The van der Waals surface area contributed by atoms with Gasteiger partial charge in [-0.25, -0.2) is 0 Å². The molecule has 2 atom stereocenters. The largest absolute Gasteiger partial charge is 0.468 e. The second kappa shape index (κ2) is 3.65. The summed E-state index contributed by atoms with van der Waals surface area (Å²) in [6.07, 6.45) is 1.69. The zero-order valence-corrected chi connectivity index (χ0v) is 10.4. The first-order valence-electron chi connectivity index (χ1n) is 5.93. The molecule has 18 heavy (non-hydrogen) atoms. The summed E-state index contributed by atoms with van der Waals surface area (Å²) in [6.45, 7) is 0.732. The zero-order valence-electron chi connectivity index (χ0n) is 9.58. The van der Waals surface area contributed by atoms with Crippen molar-refractivity contribution < 1.29 is 9.21 Å². The van der Waals surface area contributed by atoms with Crippen LogP contribution < -0.4 is 0 Å². The summed E-state index contributed by atoms with van der Waals surface area (Å²) in [5, 5.41) is 0.408. The highest BCUT2D eigenvalue weighted by molar-refractivity contribution is 8.00. The molecule has 1 aromatic heterocycles. The number of benzene rings is 1. The van der Waals surface area contributed by atoms with Gasteiger partial charge in [0.25, 0.3) is 5.91 Å². The Morgan fingerprint density at radius 3 is 2.94 bits per heavy atom. The summed E-state index contributed by atoms with van der Waals surface area (Å²) in [6, 6.07) is 11.8. The molecule has 0 aliphatic carbocycles. The summed E-state index contributed by atoms with van der Waals surface area (Å²) < 4.78 is 5.45. The summed E-state index contributed by atoms with van der Waals surface area (Å²) >= 11 is 1.80. The van der Waals surface area contributed by atoms with Gasteiger partial charge in [-0.05, 0) is 23.8 Å². The molecule has 1 aromatic carbocycles. The van der Waals surface area contributed by atoms with Gasteiger partial charge < -0.3 is 9.32 Å². The van der Waals surface area contributed by atoms with Crippen LogP contribution in [0.15, 0.2) is 47.1 Å². The lowest BCUT2D eigenvalue weighted by atomic mass is 10.1. The molecular weight excluding hydrogens is 246 g/mol. The van der Waals surface area contributed by atoms with Crippen molar-refractivity contribution in [2.75, 3.05) is 6.54 Å². The average Bonchev–Trinajstić information content (AvgIpc) is 3.09. The van der Waals surface area contributed by atoms with E-state index in [1.54, 1.807) is 18.0 Å². The van der Waals surface area contributed by atoms with Crippen LogP contribution in [0.1, 0.15) is 32.3 Å². The summed E-state index contributed by atoms with van der Waals surface area (Å²) in [7, 11) is 0. The van der Waals surface area contributed by atoms with Gasteiger partial charge in [0, 0.05) is 12.1 Å². The van der Waals surface area contributed by atoms with Crippen LogP contribution in [-0.2, 0) is 0 Å². The number of nitrogens with zero attached hydrogens (tertiary/aromatic N) is 1. The molecule has 1 fully saturated rings. The predicted octanol–water partition coefficient (Wildman–Crippen LogP) is 3.22. The standard InChI is InChI=1S/C14H11NO2S/c16-13-9-4-1-2-5-10(9)14-15(13)8-12(18-14)11-6-3-7-17-11/h1-7,12,14H,8H2. The van der Waals surface area contributed by atoms with Crippen LogP contribution >= 0.6 is 11.8 Å². The maximum Gasteiger partial charge on any atom is 0.255 e. The van der Waals surface area contributed by atoms with Gasteiger partial charge in [-0.1, -0.05) is 18.2 Å². The van der Waals surface area contributed by atoms with E-state index in [4.69, 9.17) is 4.42 Å². The molecule has 0 spiro atoms. The average molecular weight is 257 g/mol. The highest BCUT2D eigenvalue weighted by Gasteiger charge is 2.45. The fourth-order valence-electron chi connectivity index (χ4n) is 2.67. The molecular formula is C14H11NO2S. The molecule has 3 nitrogen and oxygen atoms in total. The van der Waals surface area contributed by atoms with E-state index in [1.807, 2.05) is 35.2 Å². The van der Waals surface area contributed by atoms with E-state index >= 15 is 0 Å². The third kappa shape index (κ3) is 1.29. The smallest absolute Gasteiger partial charge is 0.255 e. The number of hydrogen-bond donors (Lipinski definition) is 0. The SMILES string of the molecule is O=C1c2ccccc2C2SC(c3ccco3)CN12. The number of carbonyl (C=O) groups is 1. The fourth-order valence-corrected chi connectivity index (χ4v) is 4.18. The highest BCUT2D eigenvalue weighted by Crippen LogP contribution is 2.53. The lowest BCUT2D eigenvalue weighted by molar-refractivity contribution is 0.0786. The number of rotatable bonds is 1. The molecule has 2 unspecified atom stereocenters. The topological polar surface area (TPSA) is 33.5 Å². The van der Waals surface area contributed by atoms with Gasteiger partial charge in [0.2, 0.25) is 0 Å². The molecule has 90 valence electrons. The van der Waals surface area contributed by atoms with Crippen LogP contribution in [0.2, 0.25) is 0 Å². The van der Waals surface area contributed by atoms with Crippen molar-refractivity contribution in [3.63, 3.8) is 0 Å². The predicted molar refractivity (Wildman–Crippen MR) is 69.3 cm³/mol. The molecule has 1 amide bonds. The van der Waals surface area contributed by atoms with Gasteiger partial charge in [-0.2, -0.15) is 0 Å². The number of carbonyl (C=O) groups excluding carboxylic acids is 1. The summed E-state index contributed by atoms with van der Waals surface area (Å²) in [5.74, 6) is 1.11. The maximum absolute atomic E-state index is 12.3. The number of furan rings is 1. The Kier molecular flexibility index (Phi) is 2.08. The first-order valence-corrected chi connectivity index (χ1v) is 6.87. The molecule has 0 bridgehead atoms. The molecule has 3 heterocycles. The second-order valence-electron chi connectivity index (χ2n) is 4.54. The maximum atomic E-state index is 12.3. The Hall–Kier alpha value is -1.68. The molecule has 2 aliphatic heterocycles. The van der Waals surface area contributed by atoms with E-state index in [0.717, 1.165) is 23.4 Å². The molecule has 1 saturated heterocycles. The third-order valence-corrected chi connectivity index (χ3v) is 4.99. The van der Waals surface area contributed by atoms with Crippen LogP contribution in [0.3, 0.4) is 0 Å². The van der Waals surface area contributed by atoms with Gasteiger partial charge in [0.1, 0.15) is 11.1 Å². The Bertz CT molecular complexity index is 608. The van der Waals surface area contributed by atoms with E-state index in [1.165, 1.54) is 0 Å². The van der Waals surface area contributed by atoms with Gasteiger partial charge in [0.05, 0.1) is 11.5 Å². The Labute approximate surface area is 109 Å². The van der Waals surface area contributed by atoms with E-state index < -0.39 is 0 Å². The van der Waals surface area contributed by atoms with Crippen molar-refractivity contribution >= 4 is 17.7 Å². The van der Waals surface area contributed by atoms with Gasteiger partial charge >= 0.3 is 0 Å².